The van der Waals surface area contributed by atoms with Crippen molar-refractivity contribution in [3.63, 3.8) is 0 Å². The number of carbonyl (C=O) groups is 1. The molecule has 0 saturated heterocycles. The van der Waals surface area contributed by atoms with Crippen LogP contribution < -0.4 is 15.0 Å². The predicted molar refractivity (Wildman–Crippen MR) is 93.8 cm³/mol. The van der Waals surface area contributed by atoms with E-state index < -0.39 is 0 Å². The normalized spacial score (nSPS) is 19.2. The molecule has 2 aliphatic rings. The maximum Gasteiger partial charge on any atom is 0.240 e. The molecule has 7 nitrogen and oxygen atoms in total. The first kappa shape index (κ1) is 16.1. The topological polar surface area (TPSA) is 72.3 Å². The summed E-state index contributed by atoms with van der Waals surface area (Å²) in [6, 6.07) is 6.22. The number of nitrogens with one attached hydrogen (secondary N) is 1. The van der Waals surface area contributed by atoms with Gasteiger partial charge < -0.3 is 15.0 Å². The summed E-state index contributed by atoms with van der Waals surface area (Å²) in [5.74, 6) is 2.00. The highest BCUT2D eigenvalue weighted by Gasteiger charge is 2.25. The first-order valence-electron chi connectivity index (χ1n) is 8.82. The molecule has 0 fully saturated rings. The van der Waals surface area contributed by atoms with Gasteiger partial charge in [0.2, 0.25) is 5.91 Å². The zero-order valence-electron chi connectivity index (χ0n) is 14.4. The highest BCUT2D eigenvalue weighted by Crippen LogP contribution is 2.30. The van der Waals surface area contributed by atoms with Crippen molar-refractivity contribution in [3.8, 4) is 5.75 Å². The second-order valence-electron chi connectivity index (χ2n) is 6.62. The SMILES string of the molecule is COc1ccc2c(c1)CCCN2C(=O)CNC1CCc2ncnn2C1. The summed E-state index contributed by atoms with van der Waals surface area (Å²) in [6.45, 7) is 1.90. The first-order valence-corrected chi connectivity index (χ1v) is 8.82. The van der Waals surface area contributed by atoms with Crippen LogP contribution in [-0.4, -0.2) is 46.9 Å². The molecule has 0 radical (unpaired) electrons. The zero-order valence-corrected chi connectivity index (χ0v) is 14.4. The number of benzene rings is 1. The number of ether oxygens (including phenoxy) is 1. The Morgan fingerprint density at radius 3 is 3.20 bits per heavy atom. The molecule has 3 heterocycles. The zero-order chi connectivity index (χ0) is 17.2. The lowest BCUT2D eigenvalue weighted by atomic mass is 10.0. The monoisotopic (exact) mass is 341 g/mol. The minimum Gasteiger partial charge on any atom is -0.497 e. The summed E-state index contributed by atoms with van der Waals surface area (Å²) < 4.78 is 7.22. The van der Waals surface area contributed by atoms with E-state index in [9.17, 15) is 4.79 Å². The van der Waals surface area contributed by atoms with Gasteiger partial charge in [0.1, 0.15) is 17.9 Å². The molecule has 1 atom stereocenters. The summed E-state index contributed by atoms with van der Waals surface area (Å²) >= 11 is 0. The van der Waals surface area contributed by atoms with Crippen molar-refractivity contribution >= 4 is 11.6 Å². The molecule has 1 aromatic heterocycles. The van der Waals surface area contributed by atoms with Crippen molar-refractivity contribution in [1.29, 1.82) is 0 Å². The van der Waals surface area contributed by atoms with Gasteiger partial charge in [0, 0.05) is 24.7 Å². The Labute approximate surface area is 147 Å². The van der Waals surface area contributed by atoms with E-state index in [4.69, 9.17) is 4.74 Å². The highest BCUT2D eigenvalue weighted by molar-refractivity contribution is 5.96. The number of rotatable bonds is 4. The third-order valence-electron chi connectivity index (χ3n) is 5.05. The second kappa shape index (κ2) is 6.84. The highest BCUT2D eigenvalue weighted by atomic mass is 16.5. The molecular weight excluding hydrogens is 318 g/mol. The van der Waals surface area contributed by atoms with E-state index in [1.54, 1.807) is 13.4 Å². The lowest BCUT2D eigenvalue weighted by Gasteiger charge is -2.31. The van der Waals surface area contributed by atoms with Gasteiger partial charge in [-0.25, -0.2) is 9.67 Å². The number of carbonyl (C=O) groups excluding carboxylic acids is 1. The van der Waals surface area contributed by atoms with Crippen LogP contribution in [0.15, 0.2) is 24.5 Å². The van der Waals surface area contributed by atoms with Gasteiger partial charge in [0.25, 0.3) is 0 Å². The molecule has 2 aliphatic heterocycles. The van der Waals surface area contributed by atoms with Crippen LogP contribution in [0.5, 0.6) is 5.75 Å². The van der Waals surface area contributed by atoms with Crippen LogP contribution in [0.1, 0.15) is 24.2 Å². The number of hydrogen-bond acceptors (Lipinski definition) is 5. The van der Waals surface area contributed by atoms with Crippen LogP contribution in [0.25, 0.3) is 0 Å². The Balaban J connectivity index is 1.39. The summed E-state index contributed by atoms with van der Waals surface area (Å²) in [5.41, 5.74) is 2.20. The smallest absolute Gasteiger partial charge is 0.240 e. The van der Waals surface area contributed by atoms with Crippen LogP contribution >= 0.6 is 0 Å². The molecule has 1 amide bonds. The molecule has 0 saturated carbocycles. The first-order chi connectivity index (χ1) is 12.2. The molecule has 1 unspecified atom stereocenters. The predicted octanol–water partition coefficient (Wildman–Crippen LogP) is 1.17. The minimum atomic E-state index is 0.121. The lowest BCUT2D eigenvalue weighted by molar-refractivity contribution is -0.118. The fraction of sp³-hybridized carbons (Fsp3) is 0.500. The van der Waals surface area contributed by atoms with Gasteiger partial charge in [0.15, 0.2) is 0 Å². The number of hydrogen-bond donors (Lipinski definition) is 1. The Hall–Kier alpha value is -2.41. The lowest BCUT2D eigenvalue weighted by Crippen LogP contribution is -2.46. The van der Waals surface area contributed by atoms with Gasteiger partial charge in [-0.1, -0.05) is 0 Å². The van der Waals surface area contributed by atoms with Crippen LogP contribution in [-0.2, 0) is 24.2 Å². The number of anilines is 1. The van der Waals surface area contributed by atoms with Gasteiger partial charge in [-0.15, -0.1) is 0 Å². The largest absolute Gasteiger partial charge is 0.497 e. The molecule has 0 aliphatic carbocycles. The molecule has 1 N–H and O–H groups in total. The van der Waals surface area contributed by atoms with Crippen LogP contribution in [0.4, 0.5) is 5.69 Å². The third-order valence-corrected chi connectivity index (χ3v) is 5.05. The van der Waals surface area contributed by atoms with E-state index in [2.05, 4.69) is 15.4 Å². The fourth-order valence-corrected chi connectivity index (χ4v) is 3.69. The van der Waals surface area contributed by atoms with Crippen molar-refractivity contribution in [1.82, 2.24) is 20.1 Å². The Morgan fingerprint density at radius 2 is 2.32 bits per heavy atom. The standard InChI is InChI=1S/C18H23N5O2/c1-25-15-5-6-16-13(9-15)3-2-8-22(16)18(24)10-19-14-4-7-17-20-12-21-23(17)11-14/h5-6,9,12,14,19H,2-4,7-8,10-11H2,1H3. The van der Waals surface area contributed by atoms with Gasteiger partial charge in [-0.2, -0.15) is 5.10 Å². The van der Waals surface area contributed by atoms with E-state index in [0.717, 1.165) is 56.0 Å². The number of amides is 1. The maximum atomic E-state index is 12.8. The number of aromatic nitrogens is 3. The molecule has 25 heavy (non-hydrogen) atoms. The minimum absolute atomic E-state index is 0.121. The Morgan fingerprint density at radius 1 is 1.40 bits per heavy atom. The van der Waals surface area contributed by atoms with Crippen LogP contribution in [0.3, 0.4) is 0 Å². The average molecular weight is 341 g/mol. The van der Waals surface area contributed by atoms with Gasteiger partial charge in [0.05, 0.1) is 20.2 Å². The van der Waals surface area contributed by atoms with E-state index >= 15 is 0 Å². The maximum absolute atomic E-state index is 12.8. The summed E-state index contributed by atoms with van der Waals surface area (Å²) in [5, 5.41) is 7.63. The quantitative estimate of drug-likeness (QED) is 0.904. The van der Waals surface area contributed by atoms with Crippen molar-refractivity contribution in [2.45, 2.75) is 38.3 Å². The van der Waals surface area contributed by atoms with E-state index in [-0.39, 0.29) is 11.9 Å². The van der Waals surface area contributed by atoms with Crippen molar-refractivity contribution in [3.05, 3.63) is 35.9 Å². The second-order valence-corrected chi connectivity index (χ2v) is 6.62. The van der Waals surface area contributed by atoms with Crippen LogP contribution in [0, 0.1) is 0 Å². The average Bonchev–Trinajstić information content (AvgIpc) is 3.13. The van der Waals surface area contributed by atoms with Gasteiger partial charge >= 0.3 is 0 Å². The Kier molecular flexibility index (Phi) is 4.40. The van der Waals surface area contributed by atoms with E-state index in [1.165, 1.54) is 5.56 Å². The third kappa shape index (κ3) is 3.24. The van der Waals surface area contributed by atoms with E-state index in [0.29, 0.717) is 6.54 Å². The molecule has 2 aromatic rings. The number of aryl methyl sites for hydroxylation is 2. The number of nitrogens with zero attached hydrogens (tertiary/aromatic N) is 4. The molecule has 1 aromatic carbocycles. The molecule has 132 valence electrons. The molecule has 0 bridgehead atoms. The van der Waals surface area contributed by atoms with Crippen molar-refractivity contribution in [2.24, 2.45) is 0 Å². The molecule has 0 spiro atoms. The molecule has 7 heteroatoms. The van der Waals surface area contributed by atoms with Crippen molar-refractivity contribution in [2.75, 3.05) is 25.1 Å². The summed E-state index contributed by atoms with van der Waals surface area (Å²) in [6.07, 6.45) is 5.46. The van der Waals surface area contributed by atoms with Crippen molar-refractivity contribution < 1.29 is 9.53 Å². The summed E-state index contributed by atoms with van der Waals surface area (Å²) in [4.78, 5) is 18.9. The molecule has 4 rings (SSSR count). The fourth-order valence-electron chi connectivity index (χ4n) is 3.69. The number of methoxy groups -OCH3 is 1. The molecular formula is C18H23N5O2. The summed E-state index contributed by atoms with van der Waals surface area (Å²) in [7, 11) is 1.67. The van der Waals surface area contributed by atoms with E-state index in [1.807, 2.05) is 27.8 Å². The Bertz CT molecular complexity index is 773. The van der Waals surface area contributed by atoms with Gasteiger partial charge in [-0.3, -0.25) is 4.79 Å². The number of fused-ring (bicyclic) bond motifs is 2. The van der Waals surface area contributed by atoms with Crippen LogP contribution in [0.2, 0.25) is 0 Å². The van der Waals surface area contributed by atoms with Gasteiger partial charge in [-0.05, 0) is 43.0 Å².